The zero-order chi connectivity index (χ0) is 12.1. The van der Waals surface area contributed by atoms with Crippen molar-refractivity contribution in [3.05, 3.63) is 0 Å². The van der Waals surface area contributed by atoms with E-state index in [1.165, 1.54) is 0 Å². The van der Waals surface area contributed by atoms with Crippen LogP contribution in [0.3, 0.4) is 0 Å². The Hall–Kier alpha value is -1.19. The van der Waals surface area contributed by atoms with Crippen molar-refractivity contribution in [2.75, 3.05) is 12.3 Å². The average Bonchev–Trinajstić information content (AvgIpc) is 2.10. The summed E-state index contributed by atoms with van der Waals surface area (Å²) in [4.78, 5) is 20.7. The molecule has 0 bridgehead atoms. The van der Waals surface area contributed by atoms with E-state index in [1.54, 1.807) is 4.72 Å². The summed E-state index contributed by atoms with van der Waals surface area (Å²) in [6.45, 7) is 0.117. The molecule has 0 aromatic carbocycles. The van der Waals surface area contributed by atoms with Crippen molar-refractivity contribution in [1.82, 2.24) is 4.72 Å². The SMILES string of the molecule is NCCCS(=O)(=O)NC(C(=O)O)C(=O)O. The largest absolute Gasteiger partial charge is 0.480 e. The highest BCUT2D eigenvalue weighted by molar-refractivity contribution is 7.89. The van der Waals surface area contributed by atoms with Crippen molar-refractivity contribution in [2.24, 2.45) is 5.73 Å². The Morgan fingerprint density at radius 1 is 1.27 bits per heavy atom. The Kier molecular flexibility index (Phi) is 5.19. The van der Waals surface area contributed by atoms with Gasteiger partial charge in [0.2, 0.25) is 16.1 Å². The highest BCUT2D eigenvalue weighted by Gasteiger charge is 2.30. The molecular weight excluding hydrogens is 228 g/mol. The van der Waals surface area contributed by atoms with Crippen LogP contribution in [0.5, 0.6) is 0 Å². The molecule has 0 rings (SSSR count). The summed E-state index contributed by atoms with van der Waals surface area (Å²) in [5.41, 5.74) is 5.06. The first kappa shape index (κ1) is 13.8. The molecule has 0 aliphatic carbocycles. The van der Waals surface area contributed by atoms with E-state index in [9.17, 15) is 18.0 Å². The number of rotatable bonds is 7. The van der Waals surface area contributed by atoms with Crippen LogP contribution in [-0.2, 0) is 19.6 Å². The van der Waals surface area contributed by atoms with E-state index in [2.05, 4.69) is 0 Å². The first-order valence-electron chi connectivity index (χ1n) is 3.96. The van der Waals surface area contributed by atoms with Crippen LogP contribution >= 0.6 is 0 Å². The fourth-order valence-electron chi connectivity index (χ4n) is 0.718. The summed E-state index contributed by atoms with van der Waals surface area (Å²) < 4.78 is 23.8. The maximum absolute atomic E-state index is 11.1. The maximum atomic E-state index is 11.1. The zero-order valence-electron chi connectivity index (χ0n) is 7.71. The summed E-state index contributed by atoms with van der Waals surface area (Å²) in [6.07, 6.45) is 0.126. The Balaban J connectivity index is 4.53. The van der Waals surface area contributed by atoms with Gasteiger partial charge in [0.1, 0.15) is 0 Å². The van der Waals surface area contributed by atoms with Gasteiger partial charge < -0.3 is 15.9 Å². The highest BCUT2D eigenvalue weighted by atomic mass is 32.2. The van der Waals surface area contributed by atoms with Gasteiger partial charge in [-0.15, -0.1) is 0 Å². The lowest BCUT2D eigenvalue weighted by Gasteiger charge is -2.09. The summed E-state index contributed by atoms with van der Waals surface area (Å²) in [6, 6.07) is -2.16. The van der Waals surface area contributed by atoms with Gasteiger partial charge in [-0.25, -0.2) is 18.0 Å². The molecule has 0 aliphatic rings. The maximum Gasteiger partial charge on any atom is 0.333 e. The Morgan fingerprint density at radius 2 is 1.73 bits per heavy atom. The number of hydrogen-bond acceptors (Lipinski definition) is 5. The summed E-state index contributed by atoms with van der Waals surface area (Å²) >= 11 is 0. The van der Waals surface area contributed by atoms with Gasteiger partial charge in [-0.3, -0.25) is 0 Å². The number of carboxylic acid groups (broad SMARTS) is 2. The molecule has 0 atom stereocenters. The number of nitrogens with one attached hydrogen (secondary N) is 1. The minimum absolute atomic E-state index is 0.117. The molecule has 0 aliphatic heterocycles. The molecule has 88 valence electrons. The van der Waals surface area contributed by atoms with Crippen molar-refractivity contribution in [2.45, 2.75) is 12.5 Å². The topological polar surface area (TPSA) is 147 Å². The number of aliphatic carboxylic acids is 2. The van der Waals surface area contributed by atoms with Crippen LogP contribution in [0, 0.1) is 0 Å². The lowest BCUT2D eigenvalue weighted by molar-refractivity contribution is -0.150. The number of nitrogens with two attached hydrogens (primary N) is 1. The molecule has 0 saturated heterocycles. The third kappa shape index (κ3) is 5.30. The standard InChI is InChI=1S/C6H12N2O6S/c7-2-1-3-15(13,14)8-4(5(9)10)6(11)12/h4,8H,1-3,7H2,(H,9,10)(H,11,12). The molecule has 0 radical (unpaired) electrons. The van der Waals surface area contributed by atoms with Crippen molar-refractivity contribution >= 4 is 22.0 Å². The van der Waals surface area contributed by atoms with E-state index in [-0.39, 0.29) is 13.0 Å². The van der Waals surface area contributed by atoms with Crippen LogP contribution in [0.2, 0.25) is 0 Å². The number of carboxylic acids is 2. The van der Waals surface area contributed by atoms with E-state index in [0.717, 1.165) is 0 Å². The van der Waals surface area contributed by atoms with Crippen LogP contribution < -0.4 is 10.5 Å². The van der Waals surface area contributed by atoms with Gasteiger partial charge in [-0.1, -0.05) is 0 Å². The minimum atomic E-state index is -3.92. The van der Waals surface area contributed by atoms with Gasteiger partial charge >= 0.3 is 11.9 Å². The third-order valence-corrected chi connectivity index (χ3v) is 2.83. The van der Waals surface area contributed by atoms with Crippen LogP contribution in [-0.4, -0.2) is 48.9 Å². The van der Waals surface area contributed by atoms with E-state index in [0.29, 0.717) is 0 Å². The summed E-state index contributed by atoms with van der Waals surface area (Å²) in [5.74, 6) is -3.93. The van der Waals surface area contributed by atoms with E-state index in [1.807, 2.05) is 0 Å². The van der Waals surface area contributed by atoms with E-state index >= 15 is 0 Å². The first-order chi connectivity index (χ1) is 6.80. The molecule has 0 aromatic heterocycles. The highest BCUT2D eigenvalue weighted by Crippen LogP contribution is 1.93. The molecule has 0 spiro atoms. The monoisotopic (exact) mass is 240 g/mol. The van der Waals surface area contributed by atoms with Crippen molar-refractivity contribution in [1.29, 1.82) is 0 Å². The molecule has 0 fully saturated rings. The second kappa shape index (κ2) is 5.63. The van der Waals surface area contributed by atoms with Gasteiger partial charge in [0.05, 0.1) is 5.75 Å². The predicted octanol–water partition coefficient (Wildman–Crippen LogP) is -2.21. The number of hydrogen-bond donors (Lipinski definition) is 4. The number of sulfonamides is 1. The molecule has 5 N–H and O–H groups in total. The normalized spacial score (nSPS) is 11.6. The van der Waals surface area contributed by atoms with Gasteiger partial charge in [-0.05, 0) is 13.0 Å². The van der Waals surface area contributed by atoms with Crippen LogP contribution in [0.4, 0.5) is 0 Å². The predicted molar refractivity (Wildman–Crippen MR) is 49.7 cm³/mol. The number of carbonyl (C=O) groups is 2. The molecule has 8 nitrogen and oxygen atoms in total. The molecule has 0 heterocycles. The average molecular weight is 240 g/mol. The first-order valence-corrected chi connectivity index (χ1v) is 5.61. The molecule has 0 unspecified atom stereocenters. The second-order valence-electron chi connectivity index (χ2n) is 2.69. The van der Waals surface area contributed by atoms with Gasteiger partial charge in [0.15, 0.2) is 0 Å². The molecule has 9 heteroatoms. The van der Waals surface area contributed by atoms with Crippen molar-refractivity contribution in [3.63, 3.8) is 0 Å². The Bertz CT molecular complexity index is 324. The van der Waals surface area contributed by atoms with Gasteiger partial charge in [0, 0.05) is 0 Å². The molecule has 0 amide bonds. The summed E-state index contributed by atoms with van der Waals surface area (Å²) in [5, 5.41) is 16.8. The molecule has 0 aromatic rings. The quantitative estimate of drug-likeness (QED) is 0.369. The van der Waals surface area contributed by atoms with Crippen molar-refractivity contribution in [3.8, 4) is 0 Å². The van der Waals surface area contributed by atoms with Gasteiger partial charge in [-0.2, -0.15) is 4.72 Å². The van der Waals surface area contributed by atoms with E-state index < -0.39 is 33.8 Å². The molecular formula is C6H12N2O6S. The molecule has 15 heavy (non-hydrogen) atoms. The van der Waals surface area contributed by atoms with Crippen LogP contribution in [0.25, 0.3) is 0 Å². The second-order valence-corrected chi connectivity index (χ2v) is 4.56. The fourth-order valence-corrected chi connectivity index (χ4v) is 1.94. The lowest BCUT2D eigenvalue weighted by atomic mass is 10.3. The Morgan fingerprint density at radius 3 is 2.07 bits per heavy atom. The summed E-state index contributed by atoms with van der Waals surface area (Å²) in [7, 11) is -3.92. The van der Waals surface area contributed by atoms with Crippen LogP contribution in [0.15, 0.2) is 0 Å². The van der Waals surface area contributed by atoms with Crippen LogP contribution in [0.1, 0.15) is 6.42 Å². The Labute approximate surface area is 86.1 Å². The molecule has 0 saturated carbocycles. The van der Waals surface area contributed by atoms with Crippen molar-refractivity contribution < 1.29 is 28.2 Å². The fraction of sp³-hybridized carbons (Fsp3) is 0.667. The lowest BCUT2D eigenvalue weighted by Crippen LogP contribution is -2.47. The third-order valence-electron chi connectivity index (χ3n) is 1.41. The van der Waals surface area contributed by atoms with Gasteiger partial charge in [0.25, 0.3) is 0 Å². The minimum Gasteiger partial charge on any atom is -0.480 e. The van der Waals surface area contributed by atoms with E-state index in [4.69, 9.17) is 15.9 Å². The zero-order valence-corrected chi connectivity index (χ0v) is 8.53. The smallest absolute Gasteiger partial charge is 0.333 e.